The van der Waals surface area contributed by atoms with Crippen LogP contribution >= 0.6 is 11.6 Å². The molecule has 0 atom stereocenters. The van der Waals surface area contributed by atoms with Gasteiger partial charge in [-0.3, -0.25) is 4.72 Å². The molecule has 0 amide bonds. The fraction of sp³-hybridized carbons (Fsp3) is 0.0833. The maximum Gasteiger partial charge on any atom is 0.261 e. The van der Waals surface area contributed by atoms with Crippen molar-refractivity contribution in [3.05, 3.63) is 47.7 Å². The van der Waals surface area contributed by atoms with Gasteiger partial charge >= 0.3 is 0 Å². The molecule has 0 aliphatic rings. The van der Waals surface area contributed by atoms with Crippen LogP contribution in [-0.4, -0.2) is 20.7 Å². The number of hydrogen-bond acceptors (Lipinski definition) is 3. The van der Waals surface area contributed by atoms with Crippen molar-refractivity contribution in [1.29, 1.82) is 0 Å². The van der Waals surface area contributed by atoms with E-state index in [2.05, 4.69) is 9.71 Å². The highest BCUT2D eigenvalue weighted by molar-refractivity contribution is 7.92. The number of pyridine rings is 1. The van der Waals surface area contributed by atoms with Crippen LogP contribution in [0.2, 0.25) is 12.0 Å². The standard InChI is InChI=1S/C12H12BClN2O2S/c1-13-9-7-11(12(14)15-8-9)16-19(17,18)10-5-3-2-4-6-10/h2-8,13,16H,1H3. The molecule has 7 heteroatoms. The van der Waals surface area contributed by atoms with Crippen molar-refractivity contribution in [3.63, 3.8) is 0 Å². The van der Waals surface area contributed by atoms with Crippen molar-refractivity contribution in [2.45, 2.75) is 11.7 Å². The average Bonchev–Trinajstić information content (AvgIpc) is 2.42. The largest absolute Gasteiger partial charge is 0.277 e. The second-order valence-corrected chi connectivity index (χ2v) is 5.99. The molecule has 98 valence electrons. The molecule has 1 N–H and O–H groups in total. The quantitative estimate of drug-likeness (QED) is 0.689. The fourth-order valence-corrected chi connectivity index (χ4v) is 2.84. The van der Waals surface area contributed by atoms with E-state index in [9.17, 15) is 8.42 Å². The maximum absolute atomic E-state index is 12.2. The summed E-state index contributed by atoms with van der Waals surface area (Å²) < 4.78 is 26.8. The molecule has 1 aromatic heterocycles. The Hall–Kier alpha value is -1.53. The van der Waals surface area contributed by atoms with Gasteiger partial charge in [0.15, 0.2) is 12.4 Å². The lowest BCUT2D eigenvalue weighted by atomic mass is 9.74. The van der Waals surface area contributed by atoms with Gasteiger partial charge in [-0.25, -0.2) is 13.4 Å². The molecule has 0 spiro atoms. The van der Waals surface area contributed by atoms with Crippen molar-refractivity contribution < 1.29 is 8.42 Å². The minimum Gasteiger partial charge on any atom is -0.277 e. The Balaban J connectivity index is 2.36. The Kier molecular flexibility index (Phi) is 4.12. The molecule has 4 nitrogen and oxygen atoms in total. The van der Waals surface area contributed by atoms with Crippen LogP contribution in [0.25, 0.3) is 0 Å². The minimum absolute atomic E-state index is 0.136. The Morgan fingerprint density at radius 1 is 1.26 bits per heavy atom. The van der Waals surface area contributed by atoms with E-state index in [1.807, 2.05) is 6.82 Å². The van der Waals surface area contributed by atoms with Crippen molar-refractivity contribution in [2.75, 3.05) is 4.72 Å². The molecule has 19 heavy (non-hydrogen) atoms. The summed E-state index contributed by atoms with van der Waals surface area (Å²) in [6.07, 6.45) is 1.63. The fourth-order valence-electron chi connectivity index (χ4n) is 1.56. The number of aromatic nitrogens is 1. The van der Waals surface area contributed by atoms with Crippen LogP contribution in [0.5, 0.6) is 0 Å². The second-order valence-electron chi connectivity index (χ2n) is 3.95. The Morgan fingerprint density at radius 3 is 2.58 bits per heavy atom. The van der Waals surface area contributed by atoms with Gasteiger partial charge in [-0.05, 0) is 18.2 Å². The van der Waals surface area contributed by atoms with Crippen LogP contribution in [0.15, 0.2) is 47.5 Å². The van der Waals surface area contributed by atoms with E-state index in [1.165, 1.54) is 12.1 Å². The number of sulfonamides is 1. The number of halogens is 1. The minimum atomic E-state index is -3.64. The van der Waals surface area contributed by atoms with E-state index < -0.39 is 10.0 Å². The predicted molar refractivity (Wildman–Crippen MR) is 79.1 cm³/mol. The number of hydrogen-bond donors (Lipinski definition) is 1. The molecule has 0 radical (unpaired) electrons. The molecule has 1 heterocycles. The van der Waals surface area contributed by atoms with Crippen LogP contribution < -0.4 is 10.2 Å². The summed E-state index contributed by atoms with van der Waals surface area (Å²) in [6.45, 7) is 1.96. The van der Waals surface area contributed by atoms with Crippen LogP contribution in [-0.2, 0) is 10.0 Å². The van der Waals surface area contributed by atoms with E-state index >= 15 is 0 Å². The van der Waals surface area contributed by atoms with E-state index in [4.69, 9.17) is 11.6 Å². The van der Waals surface area contributed by atoms with E-state index in [1.54, 1.807) is 30.5 Å². The van der Waals surface area contributed by atoms with Gasteiger partial charge in [0.1, 0.15) is 0 Å². The third-order valence-corrected chi connectivity index (χ3v) is 4.28. The van der Waals surface area contributed by atoms with Crippen molar-refractivity contribution >= 4 is 40.1 Å². The summed E-state index contributed by atoms with van der Waals surface area (Å²) in [6, 6.07) is 9.82. The molecule has 2 aromatic rings. The molecule has 1 aromatic carbocycles. The van der Waals surface area contributed by atoms with Crippen molar-refractivity contribution in [1.82, 2.24) is 4.98 Å². The Labute approximate surface area is 118 Å². The summed E-state index contributed by atoms with van der Waals surface area (Å²) in [7, 11) is -2.88. The molecule has 0 bridgehead atoms. The summed E-state index contributed by atoms with van der Waals surface area (Å²) >= 11 is 5.91. The normalized spacial score (nSPS) is 11.1. The summed E-state index contributed by atoms with van der Waals surface area (Å²) in [5.41, 5.74) is 1.21. The highest BCUT2D eigenvalue weighted by Crippen LogP contribution is 2.21. The first kappa shape index (κ1) is 13.9. The molecule has 0 aliphatic heterocycles. The molecule has 2 rings (SSSR count). The lowest BCUT2D eigenvalue weighted by Crippen LogP contribution is -2.17. The zero-order chi connectivity index (χ0) is 13.9. The molecular weight excluding hydrogens is 282 g/mol. The van der Waals surface area contributed by atoms with Gasteiger partial charge in [0.05, 0.1) is 10.6 Å². The smallest absolute Gasteiger partial charge is 0.261 e. The van der Waals surface area contributed by atoms with Gasteiger partial charge in [0.2, 0.25) is 0 Å². The summed E-state index contributed by atoms with van der Waals surface area (Å²) in [5.74, 6) is 0. The van der Waals surface area contributed by atoms with Gasteiger partial charge < -0.3 is 0 Å². The first-order valence-corrected chi connectivity index (χ1v) is 7.61. The Morgan fingerprint density at radius 2 is 1.95 bits per heavy atom. The molecule has 0 unspecified atom stereocenters. The highest BCUT2D eigenvalue weighted by Gasteiger charge is 2.15. The number of benzene rings is 1. The maximum atomic E-state index is 12.2. The van der Waals surface area contributed by atoms with Crippen molar-refractivity contribution in [2.24, 2.45) is 0 Å². The average molecular weight is 295 g/mol. The monoisotopic (exact) mass is 294 g/mol. The lowest BCUT2D eigenvalue weighted by molar-refractivity contribution is 0.601. The topological polar surface area (TPSA) is 59.1 Å². The van der Waals surface area contributed by atoms with Gasteiger partial charge in [-0.1, -0.05) is 42.1 Å². The molecule has 0 aliphatic carbocycles. The number of nitrogens with one attached hydrogen (secondary N) is 1. The molecule has 0 fully saturated rings. The Bertz CT molecular complexity index is 677. The first-order valence-electron chi connectivity index (χ1n) is 5.75. The number of nitrogens with zero attached hydrogens (tertiary/aromatic N) is 1. The highest BCUT2D eigenvalue weighted by atomic mass is 35.5. The predicted octanol–water partition coefficient (Wildman–Crippen LogP) is 1.65. The summed E-state index contributed by atoms with van der Waals surface area (Å²) in [4.78, 5) is 4.15. The third-order valence-electron chi connectivity index (χ3n) is 2.60. The molecule has 0 saturated carbocycles. The zero-order valence-electron chi connectivity index (χ0n) is 10.3. The number of rotatable bonds is 4. The molecule has 0 saturated heterocycles. The van der Waals surface area contributed by atoms with Gasteiger partial charge in [-0.2, -0.15) is 0 Å². The van der Waals surface area contributed by atoms with Gasteiger partial charge in [0, 0.05) is 6.20 Å². The van der Waals surface area contributed by atoms with Crippen LogP contribution in [0, 0.1) is 0 Å². The van der Waals surface area contributed by atoms with Gasteiger partial charge in [-0.15, -0.1) is 0 Å². The second kappa shape index (κ2) is 5.63. The summed E-state index contributed by atoms with van der Waals surface area (Å²) in [5, 5.41) is 0.136. The van der Waals surface area contributed by atoms with E-state index in [0.29, 0.717) is 5.69 Å². The van der Waals surface area contributed by atoms with Crippen LogP contribution in [0.4, 0.5) is 5.69 Å². The van der Waals surface area contributed by atoms with E-state index in [-0.39, 0.29) is 10.0 Å². The zero-order valence-corrected chi connectivity index (χ0v) is 11.9. The first-order chi connectivity index (χ1) is 9.03. The van der Waals surface area contributed by atoms with Crippen LogP contribution in [0.3, 0.4) is 0 Å². The van der Waals surface area contributed by atoms with Crippen molar-refractivity contribution in [3.8, 4) is 0 Å². The van der Waals surface area contributed by atoms with Crippen LogP contribution in [0.1, 0.15) is 0 Å². The van der Waals surface area contributed by atoms with Gasteiger partial charge in [0.25, 0.3) is 10.0 Å². The number of anilines is 1. The van der Waals surface area contributed by atoms with E-state index in [0.717, 1.165) is 12.7 Å². The molecular formula is C12H12BClN2O2S. The lowest BCUT2D eigenvalue weighted by Gasteiger charge is -2.10. The third kappa shape index (κ3) is 3.27. The SMILES string of the molecule is CBc1cnc(Cl)c(NS(=O)(=O)c2ccccc2)c1.